The number of fused-ring (bicyclic) bond motifs is 3. The summed E-state index contributed by atoms with van der Waals surface area (Å²) in [5.74, 6) is 0. The van der Waals surface area contributed by atoms with Crippen LogP contribution in [0.25, 0.3) is 0 Å². The zero-order valence-electron chi connectivity index (χ0n) is 7.49. The number of nitrogens with one attached hydrogen (secondary N) is 1. The van der Waals surface area contributed by atoms with Gasteiger partial charge in [-0.3, -0.25) is 0 Å². The zero-order chi connectivity index (χ0) is 8.67. The van der Waals surface area contributed by atoms with E-state index in [-0.39, 0.29) is 0 Å². The minimum absolute atomic E-state index is 0.381. The second-order valence-electron chi connectivity index (χ2n) is 3.74. The lowest BCUT2D eigenvalue weighted by Gasteiger charge is -2.27. The summed E-state index contributed by atoms with van der Waals surface area (Å²) in [6.45, 7) is 1.84. The van der Waals surface area contributed by atoms with E-state index < -0.39 is 0 Å². The fourth-order valence-corrected chi connectivity index (χ4v) is 2.38. The van der Waals surface area contributed by atoms with Crippen molar-refractivity contribution >= 4 is 0 Å². The van der Waals surface area contributed by atoms with Crippen LogP contribution in [0.2, 0.25) is 0 Å². The summed E-state index contributed by atoms with van der Waals surface area (Å²) in [6.07, 6.45) is 1.46. The van der Waals surface area contributed by atoms with Crippen LogP contribution >= 0.6 is 0 Å². The van der Waals surface area contributed by atoms with Crippen LogP contribution in [0.15, 0.2) is 24.3 Å². The standard InChI is InChI=1S/C11H13NO/c1-2-4-9-8(3-1)7-10-11(9)12-5-6-13-10/h1-4,10-12H,5-7H2/t10-,11+/m1/s1. The van der Waals surface area contributed by atoms with E-state index in [1.165, 1.54) is 11.1 Å². The highest BCUT2D eigenvalue weighted by molar-refractivity contribution is 5.36. The first-order valence-electron chi connectivity index (χ1n) is 4.88. The molecule has 1 fully saturated rings. The van der Waals surface area contributed by atoms with E-state index in [4.69, 9.17) is 4.74 Å². The van der Waals surface area contributed by atoms with Crippen molar-refractivity contribution in [2.24, 2.45) is 0 Å². The molecule has 1 heterocycles. The Balaban J connectivity index is 2.01. The average Bonchev–Trinajstić information content (AvgIpc) is 2.56. The lowest BCUT2D eigenvalue weighted by Crippen LogP contribution is -2.39. The van der Waals surface area contributed by atoms with Gasteiger partial charge in [-0.2, -0.15) is 0 Å². The minimum Gasteiger partial charge on any atom is -0.375 e. The first-order chi connectivity index (χ1) is 6.45. The number of rotatable bonds is 0. The van der Waals surface area contributed by atoms with Crippen molar-refractivity contribution < 1.29 is 4.74 Å². The number of hydrogen-bond acceptors (Lipinski definition) is 2. The van der Waals surface area contributed by atoms with Crippen molar-refractivity contribution in [2.45, 2.75) is 18.6 Å². The fourth-order valence-electron chi connectivity index (χ4n) is 2.38. The molecule has 0 saturated carbocycles. The van der Waals surface area contributed by atoms with Gasteiger partial charge in [0.05, 0.1) is 18.8 Å². The van der Waals surface area contributed by atoms with Gasteiger partial charge in [0, 0.05) is 13.0 Å². The Labute approximate surface area is 77.9 Å². The molecule has 3 rings (SSSR count). The van der Waals surface area contributed by atoms with E-state index in [0.717, 1.165) is 19.6 Å². The number of ether oxygens (including phenoxy) is 1. The molecule has 1 N–H and O–H groups in total. The molecule has 1 saturated heterocycles. The predicted molar refractivity (Wildman–Crippen MR) is 50.6 cm³/mol. The quantitative estimate of drug-likeness (QED) is 0.641. The van der Waals surface area contributed by atoms with Gasteiger partial charge in [-0.15, -0.1) is 0 Å². The SMILES string of the molecule is c1ccc2c(c1)C[C@H]1OCCN[C@@H]21. The van der Waals surface area contributed by atoms with Crippen LogP contribution in [0, 0.1) is 0 Å². The second kappa shape index (κ2) is 2.82. The molecule has 1 aliphatic heterocycles. The molecule has 0 amide bonds. The Morgan fingerprint density at radius 2 is 2.23 bits per heavy atom. The van der Waals surface area contributed by atoms with E-state index in [1.807, 2.05) is 0 Å². The first-order valence-corrected chi connectivity index (χ1v) is 4.88. The first kappa shape index (κ1) is 7.54. The van der Waals surface area contributed by atoms with Gasteiger partial charge in [0.15, 0.2) is 0 Å². The third-order valence-corrected chi connectivity index (χ3v) is 2.98. The molecule has 13 heavy (non-hydrogen) atoms. The van der Waals surface area contributed by atoms with E-state index in [2.05, 4.69) is 29.6 Å². The summed E-state index contributed by atoms with van der Waals surface area (Å²) < 4.78 is 5.72. The molecule has 2 nitrogen and oxygen atoms in total. The molecule has 2 aliphatic rings. The summed E-state index contributed by atoms with van der Waals surface area (Å²) in [6, 6.07) is 9.08. The van der Waals surface area contributed by atoms with E-state index in [1.54, 1.807) is 0 Å². The molecule has 0 bridgehead atoms. The van der Waals surface area contributed by atoms with Gasteiger partial charge in [-0.25, -0.2) is 0 Å². The highest BCUT2D eigenvalue weighted by Gasteiger charge is 2.34. The Bertz CT molecular complexity index is 324. The van der Waals surface area contributed by atoms with Crippen LogP contribution in [0.3, 0.4) is 0 Å². The van der Waals surface area contributed by atoms with E-state index in [9.17, 15) is 0 Å². The van der Waals surface area contributed by atoms with Crippen LogP contribution in [0.5, 0.6) is 0 Å². The van der Waals surface area contributed by atoms with Crippen molar-refractivity contribution in [3.05, 3.63) is 35.4 Å². The van der Waals surface area contributed by atoms with Crippen LogP contribution < -0.4 is 5.32 Å². The second-order valence-corrected chi connectivity index (χ2v) is 3.74. The molecule has 1 aromatic rings. The van der Waals surface area contributed by atoms with Crippen molar-refractivity contribution in [3.63, 3.8) is 0 Å². The van der Waals surface area contributed by atoms with E-state index in [0.29, 0.717) is 12.1 Å². The molecular formula is C11H13NO. The summed E-state index contributed by atoms with van der Waals surface area (Å²) in [7, 11) is 0. The molecule has 0 radical (unpaired) electrons. The van der Waals surface area contributed by atoms with Gasteiger partial charge in [0.25, 0.3) is 0 Å². The maximum absolute atomic E-state index is 5.72. The van der Waals surface area contributed by atoms with Crippen molar-refractivity contribution in [1.82, 2.24) is 5.32 Å². The predicted octanol–water partition coefficient (Wildman–Crippen LogP) is 1.27. The monoisotopic (exact) mass is 175 g/mol. The van der Waals surface area contributed by atoms with Crippen LogP contribution in [-0.2, 0) is 11.2 Å². The smallest absolute Gasteiger partial charge is 0.0810 e. The molecule has 68 valence electrons. The normalized spacial score (nSPS) is 31.1. The van der Waals surface area contributed by atoms with Gasteiger partial charge < -0.3 is 10.1 Å². The fraction of sp³-hybridized carbons (Fsp3) is 0.455. The summed E-state index contributed by atoms with van der Waals surface area (Å²) in [5, 5.41) is 3.51. The van der Waals surface area contributed by atoms with Crippen LogP contribution in [0.1, 0.15) is 17.2 Å². The number of morpholine rings is 1. The Kier molecular flexibility index (Phi) is 1.64. The maximum Gasteiger partial charge on any atom is 0.0810 e. The number of benzene rings is 1. The van der Waals surface area contributed by atoms with Crippen molar-refractivity contribution in [3.8, 4) is 0 Å². The minimum atomic E-state index is 0.381. The average molecular weight is 175 g/mol. The third kappa shape index (κ3) is 1.10. The highest BCUT2D eigenvalue weighted by Crippen LogP contribution is 2.34. The lowest BCUT2D eigenvalue weighted by molar-refractivity contribution is 0.00503. The van der Waals surface area contributed by atoms with Gasteiger partial charge in [0.1, 0.15) is 0 Å². The van der Waals surface area contributed by atoms with Crippen molar-refractivity contribution in [1.29, 1.82) is 0 Å². The Hall–Kier alpha value is -0.860. The maximum atomic E-state index is 5.72. The molecule has 0 unspecified atom stereocenters. The summed E-state index contributed by atoms with van der Waals surface area (Å²) in [5.41, 5.74) is 2.89. The largest absolute Gasteiger partial charge is 0.375 e. The molecule has 2 heteroatoms. The number of hydrogen-bond donors (Lipinski definition) is 1. The van der Waals surface area contributed by atoms with Gasteiger partial charge in [-0.1, -0.05) is 24.3 Å². The van der Waals surface area contributed by atoms with Crippen LogP contribution in [-0.4, -0.2) is 19.3 Å². The molecule has 0 aromatic heterocycles. The molecule has 2 atom stereocenters. The lowest BCUT2D eigenvalue weighted by atomic mass is 10.1. The van der Waals surface area contributed by atoms with Gasteiger partial charge >= 0.3 is 0 Å². The van der Waals surface area contributed by atoms with Gasteiger partial charge in [0.2, 0.25) is 0 Å². The zero-order valence-corrected chi connectivity index (χ0v) is 7.49. The molecule has 1 aromatic carbocycles. The van der Waals surface area contributed by atoms with Crippen LogP contribution in [0.4, 0.5) is 0 Å². The molecular weight excluding hydrogens is 162 g/mol. The van der Waals surface area contributed by atoms with Gasteiger partial charge in [-0.05, 0) is 11.1 Å². The topological polar surface area (TPSA) is 21.3 Å². The Morgan fingerprint density at radius 1 is 1.31 bits per heavy atom. The molecule has 0 spiro atoms. The molecule has 1 aliphatic carbocycles. The third-order valence-electron chi connectivity index (χ3n) is 2.98. The summed E-state index contributed by atoms with van der Waals surface area (Å²) >= 11 is 0. The Morgan fingerprint density at radius 3 is 3.23 bits per heavy atom. The highest BCUT2D eigenvalue weighted by atomic mass is 16.5. The van der Waals surface area contributed by atoms with Crippen molar-refractivity contribution in [2.75, 3.05) is 13.2 Å². The van der Waals surface area contributed by atoms with E-state index >= 15 is 0 Å². The summed E-state index contributed by atoms with van der Waals surface area (Å²) in [4.78, 5) is 0.